The van der Waals surface area contributed by atoms with Crippen molar-refractivity contribution in [3.05, 3.63) is 0 Å². The van der Waals surface area contributed by atoms with Crippen LogP contribution in [0.15, 0.2) is 0 Å². The Labute approximate surface area is 71.9 Å². The second-order valence-corrected chi connectivity index (χ2v) is 6.17. The first-order valence-corrected chi connectivity index (χ1v) is 5.81. The van der Waals surface area contributed by atoms with Gasteiger partial charge in [0, 0.05) is 0 Å². The Morgan fingerprint density at radius 3 is 1.58 bits per heavy atom. The molecule has 0 amide bonds. The van der Waals surface area contributed by atoms with Gasteiger partial charge in [-0.25, -0.2) is 9.59 Å². The maximum atomic E-state index is 10.8. The Kier molecular flexibility index (Phi) is 2.62. The predicted molar refractivity (Wildman–Crippen MR) is 47.2 cm³/mol. The fourth-order valence-electron chi connectivity index (χ4n) is 1.40. The summed E-state index contributed by atoms with van der Waals surface area (Å²) in [6, 6.07) is 0. The van der Waals surface area contributed by atoms with E-state index in [1.165, 1.54) is 0 Å². The Balaban J connectivity index is 2.84. The molecule has 1 aliphatic heterocycles. The summed E-state index contributed by atoms with van der Waals surface area (Å²) in [6.07, 6.45) is 2.46. The predicted octanol–water partition coefficient (Wildman–Crippen LogP) is 2.33. The summed E-state index contributed by atoms with van der Waals surface area (Å²) < 4.78 is 0. The Bertz CT molecular complexity index is 191. The molecule has 70 valence electrons. The largest absolute Gasteiger partial charge is 0.474 e. The lowest BCUT2D eigenvalue weighted by Gasteiger charge is -2.33. The van der Waals surface area contributed by atoms with Gasteiger partial charge in [-0.15, -0.1) is 0 Å². The minimum absolute atomic E-state index is 0.359. The van der Waals surface area contributed by atoms with Crippen LogP contribution in [0.3, 0.4) is 0 Å². The van der Waals surface area contributed by atoms with E-state index >= 15 is 0 Å². The second kappa shape index (κ2) is 3.35. The van der Waals surface area contributed by atoms with E-state index in [9.17, 15) is 9.59 Å². The van der Waals surface area contributed by atoms with Crippen molar-refractivity contribution in [1.29, 1.82) is 0 Å². The molecule has 0 bridgehead atoms. The first kappa shape index (κ1) is 9.38. The van der Waals surface area contributed by atoms with E-state index in [-0.39, 0.29) is 0 Å². The number of rotatable bonds is 0. The molecule has 1 fully saturated rings. The van der Waals surface area contributed by atoms with Crippen LogP contribution in [0.2, 0.25) is 0 Å². The monoisotopic (exact) mass is 192 g/mol. The maximum Gasteiger partial charge on any atom is 0.356 e. The van der Waals surface area contributed by atoms with Gasteiger partial charge in [0.1, 0.15) is 0 Å². The van der Waals surface area contributed by atoms with Gasteiger partial charge in [-0.3, -0.25) is 0 Å². The highest BCUT2D eigenvalue weighted by Crippen LogP contribution is 2.53. The molecule has 0 aliphatic carbocycles. The number of carboxylic acid groups (broad SMARTS) is 2. The van der Waals surface area contributed by atoms with Gasteiger partial charge in [-0.1, -0.05) is 6.42 Å². The third-order valence-corrected chi connectivity index (χ3v) is 5.46. The van der Waals surface area contributed by atoms with Crippen molar-refractivity contribution in [2.24, 2.45) is 0 Å². The van der Waals surface area contributed by atoms with Crippen LogP contribution in [-0.4, -0.2) is 32.3 Å². The van der Waals surface area contributed by atoms with E-state index in [1.54, 1.807) is 0 Å². The normalized spacial score (nSPS) is 24.3. The third-order valence-electron chi connectivity index (χ3n) is 2.15. The van der Waals surface area contributed by atoms with Crippen LogP contribution in [0.5, 0.6) is 0 Å². The highest BCUT2D eigenvalue weighted by atomic mass is 32.3. The van der Waals surface area contributed by atoms with Crippen molar-refractivity contribution in [2.75, 3.05) is 11.5 Å². The highest BCUT2D eigenvalue weighted by molar-refractivity contribution is 8.55. The van der Waals surface area contributed by atoms with Crippen LogP contribution in [0.4, 0.5) is 9.59 Å². The van der Waals surface area contributed by atoms with E-state index in [0.717, 1.165) is 19.3 Å². The lowest BCUT2D eigenvalue weighted by molar-refractivity contribution is 0.215. The topological polar surface area (TPSA) is 74.6 Å². The standard InChI is InChI=1S/C7H12O4S/c8-6(9)12(7(10)11)4-2-1-3-5-12/h1-5H2,(H,8,9)(H,10,11). The van der Waals surface area contributed by atoms with Gasteiger partial charge >= 0.3 is 10.6 Å². The average Bonchev–Trinajstić information content (AvgIpc) is 2.05. The zero-order valence-electron chi connectivity index (χ0n) is 6.65. The summed E-state index contributed by atoms with van der Waals surface area (Å²) in [6.45, 7) is 0. The molecule has 5 heteroatoms. The van der Waals surface area contributed by atoms with Crippen molar-refractivity contribution in [1.82, 2.24) is 0 Å². The van der Waals surface area contributed by atoms with Crippen molar-refractivity contribution < 1.29 is 19.8 Å². The van der Waals surface area contributed by atoms with Crippen molar-refractivity contribution in [3.8, 4) is 0 Å². The van der Waals surface area contributed by atoms with Crippen molar-refractivity contribution >= 4 is 20.6 Å². The molecule has 0 saturated carbocycles. The van der Waals surface area contributed by atoms with Gasteiger partial charge in [0.2, 0.25) is 0 Å². The molecule has 0 aromatic heterocycles. The molecule has 0 spiro atoms. The molecule has 1 aliphatic rings. The van der Waals surface area contributed by atoms with Crippen molar-refractivity contribution in [3.63, 3.8) is 0 Å². The molecule has 0 unspecified atom stereocenters. The van der Waals surface area contributed by atoms with Gasteiger partial charge in [0.25, 0.3) is 0 Å². The SMILES string of the molecule is O=C(O)S1(C(=O)O)CCCCC1. The summed E-state index contributed by atoms with van der Waals surface area (Å²) >= 11 is 0. The second-order valence-electron chi connectivity index (χ2n) is 2.88. The Morgan fingerprint density at radius 2 is 1.33 bits per heavy atom. The van der Waals surface area contributed by atoms with Gasteiger partial charge in [0.05, 0.1) is 0 Å². The molecule has 12 heavy (non-hydrogen) atoms. The number of carbonyl (C=O) groups is 2. The smallest absolute Gasteiger partial charge is 0.356 e. The van der Waals surface area contributed by atoms with E-state index < -0.39 is 20.6 Å². The summed E-state index contributed by atoms with van der Waals surface area (Å²) in [5.74, 6) is 0.718. The fourth-order valence-corrected chi connectivity index (χ4v) is 3.85. The Hall–Kier alpha value is -0.710. The Morgan fingerprint density at radius 1 is 0.917 bits per heavy atom. The summed E-state index contributed by atoms with van der Waals surface area (Å²) in [4.78, 5) is 21.5. The first-order valence-electron chi connectivity index (χ1n) is 3.84. The molecule has 2 N–H and O–H groups in total. The maximum absolute atomic E-state index is 10.8. The van der Waals surface area contributed by atoms with Crippen LogP contribution in [0.25, 0.3) is 0 Å². The molecule has 1 saturated heterocycles. The van der Waals surface area contributed by atoms with Crippen LogP contribution in [0.1, 0.15) is 19.3 Å². The number of hydrogen-bond acceptors (Lipinski definition) is 2. The van der Waals surface area contributed by atoms with Crippen LogP contribution in [-0.2, 0) is 0 Å². The quantitative estimate of drug-likeness (QED) is 0.617. The molecule has 1 rings (SSSR count). The first-order chi connectivity index (χ1) is 5.59. The zero-order valence-corrected chi connectivity index (χ0v) is 7.47. The minimum atomic E-state index is -2.40. The number of hydrogen-bond donors (Lipinski definition) is 2. The lowest BCUT2D eigenvalue weighted by Crippen LogP contribution is -2.27. The van der Waals surface area contributed by atoms with E-state index in [2.05, 4.69) is 0 Å². The van der Waals surface area contributed by atoms with Crippen LogP contribution >= 0.6 is 10.0 Å². The molecule has 0 aromatic rings. The summed E-state index contributed by atoms with van der Waals surface area (Å²) in [7, 11) is -2.40. The molecular weight excluding hydrogens is 180 g/mol. The van der Waals surface area contributed by atoms with Crippen LogP contribution in [0, 0.1) is 0 Å². The lowest BCUT2D eigenvalue weighted by atomic mass is 10.3. The highest BCUT2D eigenvalue weighted by Gasteiger charge is 2.41. The van der Waals surface area contributed by atoms with Gasteiger partial charge in [-0.05, 0) is 34.4 Å². The van der Waals surface area contributed by atoms with E-state index in [1.807, 2.05) is 0 Å². The van der Waals surface area contributed by atoms with Gasteiger partial charge in [-0.2, -0.15) is 0 Å². The molecule has 0 radical (unpaired) electrons. The fraction of sp³-hybridized carbons (Fsp3) is 0.714. The van der Waals surface area contributed by atoms with Crippen molar-refractivity contribution in [2.45, 2.75) is 19.3 Å². The minimum Gasteiger partial charge on any atom is -0.474 e. The zero-order chi connectivity index (χ0) is 9.19. The molecule has 0 atom stereocenters. The summed E-state index contributed by atoms with van der Waals surface area (Å²) in [5.41, 5.74) is 0. The van der Waals surface area contributed by atoms with Gasteiger partial charge < -0.3 is 10.2 Å². The molecule has 4 nitrogen and oxygen atoms in total. The average molecular weight is 192 g/mol. The molecule has 0 aromatic carbocycles. The van der Waals surface area contributed by atoms with E-state index in [4.69, 9.17) is 10.2 Å². The summed E-state index contributed by atoms with van der Waals surface area (Å²) in [5, 5.41) is 15.4. The third kappa shape index (κ3) is 1.41. The van der Waals surface area contributed by atoms with E-state index in [0.29, 0.717) is 11.5 Å². The molecular formula is C7H12O4S. The van der Waals surface area contributed by atoms with Gasteiger partial charge in [0.15, 0.2) is 0 Å². The molecule has 1 heterocycles. The van der Waals surface area contributed by atoms with Crippen LogP contribution < -0.4 is 0 Å².